The number of nitrogens with zero attached hydrogens (tertiary/aromatic N) is 4. The van der Waals surface area contributed by atoms with Crippen molar-refractivity contribution in [2.24, 2.45) is 0 Å². The molecule has 0 bridgehead atoms. The molecule has 1 aromatic heterocycles. The normalized spacial score (nSPS) is 13.7. The van der Waals surface area contributed by atoms with Crippen LogP contribution in [0.2, 0.25) is 0 Å². The summed E-state index contributed by atoms with van der Waals surface area (Å²) in [4.78, 5) is 25.0. The van der Waals surface area contributed by atoms with Crippen LogP contribution < -0.4 is 10.6 Å². The van der Waals surface area contributed by atoms with Crippen LogP contribution in [0.25, 0.3) is 11.4 Å². The number of urea groups is 1. The first-order valence-electron chi connectivity index (χ1n) is 9.21. The van der Waals surface area contributed by atoms with Gasteiger partial charge in [0, 0.05) is 12.1 Å². The van der Waals surface area contributed by atoms with Gasteiger partial charge in [-0.25, -0.2) is 4.79 Å². The molecule has 2 N–H and O–H groups in total. The molecule has 8 heteroatoms. The summed E-state index contributed by atoms with van der Waals surface area (Å²) in [5, 5.41) is 17.1. The molecule has 1 heterocycles. The molecule has 0 atom stereocenters. The third-order valence-corrected chi connectivity index (χ3v) is 4.49. The van der Waals surface area contributed by atoms with Crippen LogP contribution in [-0.2, 0) is 11.3 Å². The fourth-order valence-electron chi connectivity index (χ4n) is 3.05. The van der Waals surface area contributed by atoms with Crippen molar-refractivity contribution in [3.05, 3.63) is 41.5 Å². The van der Waals surface area contributed by atoms with Gasteiger partial charge < -0.3 is 5.32 Å². The monoisotopic (exact) mass is 368 g/mol. The number of imide groups is 1. The summed E-state index contributed by atoms with van der Waals surface area (Å²) in [6.45, 7) is 2.30. The smallest absolute Gasteiger partial charge is 0.321 e. The van der Waals surface area contributed by atoms with Crippen LogP contribution in [0.3, 0.4) is 0 Å². The molecule has 2 aromatic rings. The largest absolute Gasteiger partial charge is 0.337 e. The van der Waals surface area contributed by atoms with E-state index in [-0.39, 0.29) is 6.54 Å². The van der Waals surface area contributed by atoms with Gasteiger partial charge in [-0.3, -0.25) is 10.1 Å². The average molecular weight is 368 g/mol. The summed E-state index contributed by atoms with van der Waals surface area (Å²) < 4.78 is 0. The molecule has 1 aliphatic carbocycles. The van der Waals surface area contributed by atoms with Crippen LogP contribution in [0, 0.1) is 6.92 Å². The molecular formula is C19H24N6O2. The Labute approximate surface area is 158 Å². The first-order valence-corrected chi connectivity index (χ1v) is 9.21. The highest BCUT2D eigenvalue weighted by molar-refractivity contribution is 5.94. The molecule has 142 valence electrons. The Bertz CT molecular complexity index is 842. The lowest BCUT2D eigenvalue weighted by Gasteiger charge is -2.13. The molecule has 0 unspecified atom stereocenters. The number of benzene rings is 1. The second-order valence-corrected chi connectivity index (χ2v) is 6.62. The van der Waals surface area contributed by atoms with Gasteiger partial charge in [0.05, 0.1) is 0 Å². The maximum absolute atomic E-state index is 12.0. The predicted octanol–water partition coefficient (Wildman–Crippen LogP) is 2.36. The van der Waals surface area contributed by atoms with E-state index >= 15 is 0 Å². The molecule has 8 nitrogen and oxygen atoms in total. The Morgan fingerprint density at radius 1 is 1.22 bits per heavy atom. The van der Waals surface area contributed by atoms with Crippen molar-refractivity contribution in [1.82, 2.24) is 30.8 Å². The minimum atomic E-state index is -0.504. The number of hydrogen-bond acceptors (Lipinski definition) is 5. The minimum Gasteiger partial charge on any atom is -0.337 e. The number of carbonyl (C=O) groups is 2. The van der Waals surface area contributed by atoms with Crippen molar-refractivity contribution in [2.45, 2.75) is 45.6 Å². The maximum atomic E-state index is 12.0. The van der Waals surface area contributed by atoms with E-state index in [4.69, 9.17) is 0 Å². The van der Waals surface area contributed by atoms with Gasteiger partial charge in [0.2, 0.25) is 5.82 Å². The van der Waals surface area contributed by atoms with Crippen molar-refractivity contribution in [3.8, 4) is 11.4 Å². The second-order valence-electron chi connectivity index (χ2n) is 6.62. The van der Waals surface area contributed by atoms with Gasteiger partial charge in [0.15, 0.2) is 0 Å². The molecule has 0 fully saturated rings. The zero-order chi connectivity index (χ0) is 19.1. The van der Waals surface area contributed by atoms with Crippen molar-refractivity contribution in [3.63, 3.8) is 0 Å². The summed E-state index contributed by atoms with van der Waals surface area (Å²) in [5.41, 5.74) is 3.26. The van der Waals surface area contributed by atoms with E-state index in [1.807, 2.05) is 31.2 Å². The maximum Gasteiger partial charge on any atom is 0.321 e. The molecule has 3 rings (SSSR count). The van der Waals surface area contributed by atoms with Gasteiger partial charge >= 0.3 is 6.03 Å². The minimum absolute atomic E-state index is 0.169. The van der Waals surface area contributed by atoms with Crippen molar-refractivity contribution < 1.29 is 9.59 Å². The summed E-state index contributed by atoms with van der Waals surface area (Å²) in [5.74, 6) is -0.0378. The first-order chi connectivity index (χ1) is 13.1. The van der Waals surface area contributed by atoms with Gasteiger partial charge in [-0.15, -0.1) is 10.2 Å². The fourth-order valence-corrected chi connectivity index (χ4v) is 3.05. The van der Waals surface area contributed by atoms with Crippen molar-refractivity contribution in [2.75, 3.05) is 6.54 Å². The number of hydrogen-bond donors (Lipinski definition) is 2. The number of allylic oxidation sites excluding steroid dienone is 1. The molecule has 27 heavy (non-hydrogen) atoms. The SMILES string of the molecule is Cc1ccccc1-c1nnn(CC(=O)NC(=O)NCCC2=CCCCC2)n1. The van der Waals surface area contributed by atoms with Crippen molar-refractivity contribution in [1.29, 1.82) is 0 Å². The topological polar surface area (TPSA) is 102 Å². The Morgan fingerprint density at radius 3 is 2.85 bits per heavy atom. The van der Waals surface area contributed by atoms with Gasteiger partial charge in [0.25, 0.3) is 5.91 Å². The predicted molar refractivity (Wildman–Crippen MR) is 101 cm³/mol. The van der Waals surface area contributed by atoms with Gasteiger partial charge in [-0.1, -0.05) is 35.9 Å². The van der Waals surface area contributed by atoms with E-state index < -0.39 is 11.9 Å². The summed E-state index contributed by atoms with van der Waals surface area (Å²) in [6, 6.07) is 7.17. The van der Waals surface area contributed by atoms with Gasteiger partial charge in [-0.2, -0.15) is 4.80 Å². The van der Waals surface area contributed by atoms with Crippen LogP contribution in [0.15, 0.2) is 35.9 Å². The van der Waals surface area contributed by atoms with Crippen molar-refractivity contribution >= 4 is 11.9 Å². The van der Waals surface area contributed by atoms with Crippen LogP contribution >= 0.6 is 0 Å². The highest BCUT2D eigenvalue weighted by Gasteiger charge is 2.13. The van der Waals surface area contributed by atoms with E-state index in [0.29, 0.717) is 12.4 Å². The number of carbonyl (C=O) groups excluding carboxylic acids is 2. The lowest BCUT2D eigenvalue weighted by Crippen LogP contribution is -2.41. The number of aromatic nitrogens is 4. The van der Waals surface area contributed by atoms with Gasteiger partial charge in [0.1, 0.15) is 6.54 Å². The molecule has 0 saturated carbocycles. The molecule has 1 aromatic carbocycles. The quantitative estimate of drug-likeness (QED) is 0.762. The molecule has 0 spiro atoms. The second kappa shape index (κ2) is 9.07. The number of rotatable bonds is 6. The molecule has 0 saturated heterocycles. The van der Waals surface area contributed by atoms with E-state index in [1.165, 1.54) is 23.2 Å². The number of nitrogens with one attached hydrogen (secondary N) is 2. The first kappa shape index (κ1) is 18.8. The van der Waals surface area contributed by atoms with Crippen LogP contribution in [0.1, 0.15) is 37.7 Å². The van der Waals surface area contributed by atoms with Crippen LogP contribution in [-0.4, -0.2) is 38.7 Å². The highest BCUT2D eigenvalue weighted by atomic mass is 16.2. The number of aryl methyl sites for hydroxylation is 1. The molecule has 0 aliphatic heterocycles. The number of tetrazole rings is 1. The highest BCUT2D eigenvalue weighted by Crippen LogP contribution is 2.19. The third kappa shape index (κ3) is 5.47. The lowest BCUT2D eigenvalue weighted by atomic mass is 9.97. The molecule has 0 radical (unpaired) electrons. The average Bonchev–Trinajstić information content (AvgIpc) is 3.11. The van der Waals surface area contributed by atoms with Crippen LogP contribution in [0.5, 0.6) is 0 Å². The Kier molecular flexibility index (Phi) is 6.30. The Morgan fingerprint density at radius 2 is 2.07 bits per heavy atom. The van der Waals surface area contributed by atoms with Gasteiger partial charge in [-0.05, 0) is 49.8 Å². The Balaban J connectivity index is 1.44. The molecule has 1 aliphatic rings. The zero-order valence-corrected chi connectivity index (χ0v) is 15.4. The number of amides is 3. The summed E-state index contributed by atoms with van der Waals surface area (Å²) in [6.07, 6.45) is 7.75. The standard InChI is InChI=1S/C19H24N6O2/c1-14-7-5-6-10-16(14)18-22-24-25(23-18)13-17(26)21-19(27)20-12-11-15-8-3-2-4-9-15/h5-8,10H,2-4,9,11-13H2,1H3,(H2,20,21,26,27). The Hall–Kier alpha value is -3.03. The van der Waals surface area contributed by atoms with E-state index in [9.17, 15) is 9.59 Å². The third-order valence-electron chi connectivity index (χ3n) is 4.49. The fraction of sp³-hybridized carbons (Fsp3) is 0.421. The lowest BCUT2D eigenvalue weighted by molar-refractivity contribution is -0.121. The van der Waals surface area contributed by atoms with Crippen LogP contribution in [0.4, 0.5) is 4.79 Å². The summed E-state index contributed by atoms with van der Waals surface area (Å²) >= 11 is 0. The van der Waals surface area contributed by atoms with E-state index in [1.54, 1.807) is 0 Å². The van der Waals surface area contributed by atoms with E-state index in [0.717, 1.165) is 30.4 Å². The molecular weight excluding hydrogens is 344 g/mol. The summed E-state index contributed by atoms with van der Waals surface area (Å²) in [7, 11) is 0. The van der Waals surface area contributed by atoms with E-state index in [2.05, 4.69) is 32.1 Å². The molecule has 3 amide bonds. The zero-order valence-electron chi connectivity index (χ0n) is 15.4.